The van der Waals surface area contributed by atoms with Crippen molar-refractivity contribution in [1.82, 2.24) is 15.2 Å². The number of hydrogen-bond acceptors (Lipinski definition) is 5. The van der Waals surface area contributed by atoms with E-state index in [-0.39, 0.29) is 16.8 Å². The first-order valence-corrected chi connectivity index (χ1v) is 6.79. The number of anilines is 3. The third kappa shape index (κ3) is 2.96. The Balaban J connectivity index is 1.87. The third-order valence-electron chi connectivity index (χ3n) is 2.94. The SMILES string of the molecule is Nc1nc(Nc2ccc(F)c(Cl)c2)nnc1-c1ccccc1. The molecule has 2 aromatic carbocycles. The van der Waals surface area contributed by atoms with Gasteiger partial charge in [0, 0.05) is 11.3 Å². The quantitative estimate of drug-likeness (QED) is 0.771. The fraction of sp³-hybridized carbons (Fsp3) is 0. The Morgan fingerprint density at radius 2 is 1.82 bits per heavy atom. The number of nitrogens with zero attached hydrogens (tertiary/aromatic N) is 3. The van der Waals surface area contributed by atoms with Crippen LogP contribution in [0, 0.1) is 5.82 Å². The van der Waals surface area contributed by atoms with Gasteiger partial charge < -0.3 is 11.1 Å². The first kappa shape index (κ1) is 14.2. The van der Waals surface area contributed by atoms with Crippen LogP contribution in [-0.2, 0) is 0 Å². The van der Waals surface area contributed by atoms with Crippen LogP contribution in [0.4, 0.5) is 21.8 Å². The topological polar surface area (TPSA) is 76.7 Å². The summed E-state index contributed by atoms with van der Waals surface area (Å²) >= 11 is 5.72. The number of nitrogens with one attached hydrogen (secondary N) is 1. The molecular weight excluding hydrogens is 305 g/mol. The molecule has 1 aromatic heterocycles. The number of benzene rings is 2. The zero-order valence-electron chi connectivity index (χ0n) is 11.3. The minimum absolute atomic E-state index is 0.00633. The summed E-state index contributed by atoms with van der Waals surface area (Å²) in [6.45, 7) is 0. The van der Waals surface area contributed by atoms with Crippen molar-refractivity contribution in [1.29, 1.82) is 0 Å². The molecule has 0 aliphatic heterocycles. The number of aromatic nitrogens is 3. The van der Waals surface area contributed by atoms with Crippen LogP contribution in [0.15, 0.2) is 48.5 Å². The monoisotopic (exact) mass is 315 g/mol. The van der Waals surface area contributed by atoms with Crippen molar-refractivity contribution in [2.24, 2.45) is 0 Å². The lowest BCUT2D eigenvalue weighted by molar-refractivity contribution is 0.628. The Labute approximate surface area is 131 Å². The van der Waals surface area contributed by atoms with E-state index < -0.39 is 5.82 Å². The van der Waals surface area contributed by atoms with Gasteiger partial charge in [-0.25, -0.2) is 4.39 Å². The molecule has 0 radical (unpaired) electrons. The van der Waals surface area contributed by atoms with E-state index in [0.29, 0.717) is 11.4 Å². The van der Waals surface area contributed by atoms with E-state index in [2.05, 4.69) is 20.5 Å². The maximum absolute atomic E-state index is 13.1. The normalized spacial score (nSPS) is 10.5. The molecule has 0 saturated heterocycles. The second-order valence-corrected chi connectivity index (χ2v) is 4.90. The van der Waals surface area contributed by atoms with Crippen LogP contribution in [0.25, 0.3) is 11.3 Å². The van der Waals surface area contributed by atoms with E-state index in [1.807, 2.05) is 30.3 Å². The Kier molecular flexibility index (Phi) is 3.84. The second-order valence-electron chi connectivity index (χ2n) is 4.49. The Hall–Kier alpha value is -2.73. The molecule has 0 fully saturated rings. The van der Waals surface area contributed by atoms with Gasteiger partial charge in [-0.05, 0) is 18.2 Å². The maximum Gasteiger partial charge on any atom is 0.249 e. The summed E-state index contributed by atoms with van der Waals surface area (Å²) in [7, 11) is 0. The summed E-state index contributed by atoms with van der Waals surface area (Å²) in [4.78, 5) is 4.15. The third-order valence-corrected chi connectivity index (χ3v) is 3.23. The average Bonchev–Trinajstić information content (AvgIpc) is 2.52. The van der Waals surface area contributed by atoms with Gasteiger partial charge in [0.15, 0.2) is 5.82 Å². The van der Waals surface area contributed by atoms with Gasteiger partial charge in [0.05, 0.1) is 5.02 Å². The van der Waals surface area contributed by atoms with Gasteiger partial charge in [0.1, 0.15) is 11.5 Å². The molecule has 22 heavy (non-hydrogen) atoms. The summed E-state index contributed by atoms with van der Waals surface area (Å²) in [5.74, 6) is -0.0398. The molecule has 0 aliphatic rings. The highest BCUT2D eigenvalue weighted by Gasteiger charge is 2.09. The molecule has 0 saturated carbocycles. The molecule has 0 aliphatic carbocycles. The van der Waals surface area contributed by atoms with E-state index in [9.17, 15) is 4.39 Å². The predicted octanol–water partition coefficient (Wildman–Crippen LogP) is 3.66. The van der Waals surface area contributed by atoms with E-state index in [0.717, 1.165) is 5.56 Å². The van der Waals surface area contributed by atoms with Crippen LogP contribution < -0.4 is 11.1 Å². The van der Waals surface area contributed by atoms with Crippen LogP contribution >= 0.6 is 11.6 Å². The minimum atomic E-state index is -0.495. The number of halogens is 2. The number of nitrogen functional groups attached to an aromatic ring is 1. The van der Waals surface area contributed by atoms with E-state index >= 15 is 0 Å². The molecule has 3 rings (SSSR count). The van der Waals surface area contributed by atoms with Crippen molar-refractivity contribution >= 4 is 29.1 Å². The van der Waals surface area contributed by atoms with Crippen LogP contribution in [0.5, 0.6) is 0 Å². The Bertz CT molecular complexity index is 810. The van der Waals surface area contributed by atoms with Gasteiger partial charge in [-0.2, -0.15) is 4.98 Å². The standard InChI is InChI=1S/C15H11ClFN5/c16-11-8-10(6-7-12(11)17)19-15-20-14(18)13(21-22-15)9-4-2-1-3-5-9/h1-8H,(H3,18,19,20,22). The molecule has 0 amide bonds. The first-order valence-electron chi connectivity index (χ1n) is 6.41. The van der Waals surface area contributed by atoms with Gasteiger partial charge in [0.2, 0.25) is 5.95 Å². The smallest absolute Gasteiger partial charge is 0.249 e. The van der Waals surface area contributed by atoms with Crippen LogP contribution in [0.3, 0.4) is 0 Å². The molecular formula is C15H11ClFN5. The van der Waals surface area contributed by atoms with Crippen molar-refractivity contribution < 1.29 is 4.39 Å². The van der Waals surface area contributed by atoms with Gasteiger partial charge in [-0.3, -0.25) is 0 Å². The molecule has 0 bridgehead atoms. The fourth-order valence-electron chi connectivity index (χ4n) is 1.90. The lowest BCUT2D eigenvalue weighted by Crippen LogP contribution is -2.05. The van der Waals surface area contributed by atoms with E-state index in [4.69, 9.17) is 17.3 Å². The van der Waals surface area contributed by atoms with Gasteiger partial charge >= 0.3 is 0 Å². The van der Waals surface area contributed by atoms with Crippen molar-refractivity contribution in [3.05, 3.63) is 59.4 Å². The number of rotatable bonds is 3. The molecule has 0 spiro atoms. The Morgan fingerprint density at radius 1 is 1.05 bits per heavy atom. The molecule has 1 heterocycles. The summed E-state index contributed by atoms with van der Waals surface area (Å²) < 4.78 is 13.1. The highest BCUT2D eigenvalue weighted by atomic mass is 35.5. The number of nitrogens with two attached hydrogens (primary N) is 1. The highest BCUT2D eigenvalue weighted by Crippen LogP contribution is 2.24. The molecule has 0 atom stereocenters. The van der Waals surface area contributed by atoms with Crippen molar-refractivity contribution in [3.63, 3.8) is 0 Å². The molecule has 7 heteroatoms. The highest BCUT2D eigenvalue weighted by molar-refractivity contribution is 6.31. The summed E-state index contributed by atoms with van der Waals surface area (Å²) in [6.07, 6.45) is 0. The molecule has 110 valence electrons. The van der Waals surface area contributed by atoms with E-state index in [1.54, 1.807) is 0 Å². The van der Waals surface area contributed by atoms with Crippen molar-refractivity contribution in [3.8, 4) is 11.3 Å². The molecule has 0 unspecified atom stereocenters. The van der Waals surface area contributed by atoms with Gasteiger partial charge in [0.25, 0.3) is 0 Å². The summed E-state index contributed by atoms with van der Waals surface area (Å²) in [5, 5.41) is 10.9. The maximum atomic E-state index is 13.1. The second kappa shape index (κ2) is 5.95. The lowest BCUT2D eigenvalue weighted by Gasteiger charge is -2.07. The van der Waals surface area contributed by atoms with Crippen LogP contribution in [-0.4, -0.2) is 15.2 Å². The van der Waals surface area contributed by atoms with Gasteiger partial charge in [-0.15, -0.1) is 10.2 Å². The zero-order chi connectivity index (χ0) is 15.5. The van der Waals surface area contributed by atoms with Crippen molar-refractivity contribution in [2.75, 3.05) is 11.1 Å². The summed E-state index contributed by atoms with van der Waals surface area (Å²) in [6, 6.07) is 13.6. The van der Waals surface area contributed by atoms with E-state index in [1.165, 1.54) is 18.2 Å². The lowest BCUT2D eigenvalue weighted by atomic mass is 10.1. The largest absolute Gasteiger partial charge is 0.382 e. The Morgan fingerprint density at radius 3 is 2.50 bits per heavy atom. The minimum Gasteiger partial charge on any atom is -0.382 e. The average molecular weight is 316 g/mol. The molecule has 5 nitrogen and oxygen atoms in total. The fourth-order valence-corrected chi connectivity index (χ4v) is 2.08. The molecule has 3 aromatic rings. The van der Waals surface area contributed by atoms with Crippen LogP contribution in [0.1, 0.15) is 0 Å². The summed E-state index contributed by atoms with van der Waals surface area (Å²) in [5.41, 5.74) is 7.80. The van der Waals surface area contributed by atoms with Gasteiger partial charge in [-0.1, -0.05) is 41.9 Å². The van der Waals surface area contributed by atoms with Crippen LogP contribution in [0.2, 0.25) is 5.02 Å². The van der Waals surface area contributed by atoms with Crippen molar-refractivity contribution in [2.45, 2.75) is 0 Å². The first-order chi connectivity index (χ1) is 10.6. The zero-order valence-corrected chi connectivity index (χ0v) is 12.0. The number of hydrogen-bond donors (Lipinski definition) is 2. The molecule has 3 N–H and O–H groups in total. The predicted molar refractivity (Wildman–Crippen MR) is 84.4 cm³/mol.